The first-order valence-electron chi connectivity index (χ1n) is 9.23. The van der Waals surface area contributed by atoms with Crippen LogP contribution in [0.1, 0.15) is 31.1 Å². The Bertz CT molecular complexity index is 813. The Morgan fingerprint density at radius 3 is 1.82 bits per heavy atom. The van der Waals surface area contributed by atoms with E-state index in [2.05, 4.69) is 16.0 Å². The van der Waals surface area contributed by atoms with Crippen molar-refractivity contribution < 1.29 is 14.4 Å². The molecule has 2 aromatic carbocycles. The maximum Gasteiger partial charge on any atom is 0.253 e. The Morgan fingerprint density at radius 1 is 0.786 bits per heavy atom. The normalized spacial score (nSPS) is 10.1. The number of amides is 3. The van der Waals surface area contributed by atoms with Crippen LogP contribution < -0.4 is 16.0 Å². The summed E-state index contributed by atoms with van der Waals surface area (Å²) in [5.41, 5.74) is 2.69. The first kappa shape index (κ1) is 21.0. The lowest BCUT2D eigenvalue weighted by molar-refractivity contribution is -0.115. The third-order valence-corrected chi connectivity index (χ3v) is 4.12. The number of rotatable bonds is 8. The van der Waals surface area contributed by atoms with Crippen molar-refractivity contribution in [2.75, 3.05) is 35.6 Å². The van der Waals surface area contributed by atoms with Crippen LogP contribution in [-0.4, -0.2) is 42.3 Å². The molecule has 0 aliphatic rings. The standard InChI is InChI=1S/C21H26N4O3/c1-4-25(5-2)21(28)16-6-8-19(9-7-16)24-20(27)14-22-17-10-12-18(13-11-17)23-15(3)26/h6-13,22H,4-5,14H2,1-3H3,(H,23,26)(H,24,27). The molecule has 0 heterocycles. The smallest absolute Gasteiger partial charge is 0.253 e. The van der Waals surface area contributed by atoms with Crippen molar-refractivity contribution >= 4 is 34.8 Å². The molecule has 3 N–H and O–H groups in total. The van der Waals surface area contributed by atoms with Gasteiger partial charge in [-0.05, 0) is 62.4 Å². The lowest BCUT2D eigenvalue weighted by atomic mass is 10.1. The third kappa shape index (κ3) is 6.12. The number of anilines is 3. The van der Waals surface area contributed by atoms with Gasteiger partial charge in [-0.15, -0.1) is 0 Å². The SMILES string of the molecule is CCN(CC)C(=O)c1ccc(NC(=O)CNc2ccc(NC(C)=O)cc2)cc1. The molecule has 0 fully saturated rings. The molecule has 2 rings (SSSR count). The van der Waals surface area contributed by atoms with Crippen LogP contribution in [0.5, 0.6) is 0 Å². The van der Waals surface area contributed by atoms with Crippen LogP contribution in [0, 0.1) is 0 Å². The predicted octanol–water partition coefficient (Wildman–Crippen LogP) is 3.18. The van der Waals surface area contributed by atoms with E-state index in [1.165, 1.54) is 6.92 Å². The second kappa shape index (κ2) is 10.1. The Kier molecular flexibility index (Phi) is 7.56. The number of nitrogens with zero attached hydrogens (tertiary/aromatic N) is 1. The van der Waals surface area contributed by atoms with Crippen LogP contribution >= 0.6 is 0 Å². The van der Waals surface area contributed by atoms with Crippen LogP contribution in [0.15, 0.2) is 48.5 Å². The average molecular weight is 382 g/mol. The fraction of sp³-hybridized carbons (Fsp3) is 0.286. The lowest BCUT2D eigenvalue weighted by Gasteiger charge is -2.18. The maximum atomic E-state index is 12.3. The van der Waals surface area contributed by atoms with Crippen LogP contribution in [0.4, 0.5) is 17.1 Å². The zero-order valence-corrected chi connectivity index (χ0v) is 16.4. The van der Waals surface area contributed by atoms with E-state index in [9.17, 15) is 14.4 Å². The molecule has 0 radical (unpaired) electrons. The van der Waals surface area contributed by atoms with Crippen LogP contribution in [-0.2, 0) is 9.59 Å². The van der Waals surface area contributed by atoms with Crippen LogP contribution in [0.2, 0.25) is 0 Å². The molecule has 7 nitrogen and oxygen atoms in total. The van der Waals surface area contributed by atoms with Gasteiger partial charge in [-0.3, -0.25) is 14.4 Å². The van der Waals surface area contributed by atoms with Gasteiger partial charge in [-0.1, -0.05) is 0 Å². The van der Waals surface area contributed by atoms with E-state index in [4.69, 9.17) is 0 Å². The molecule has 0 aliphatic carbocycles. The average Bonchev–Trinajstić information content (AvgIpc) is 2.68. The molecule has 0 aliphatic heterocycles. The summed E-state index contributed by atoms with van der Waals surface area (Å²) in [6.45, 7) is 6.74. The van der Waals surface area contributed by atoms with Gasteiger partial charge in [-0.25, -0.2) is 0 Å². The molecule has 7 heteroatoms. The highest BCUT2D eigenvalue weighted by molar-refractivity contribution is 5.96. The lowest BCUT2D eigenvalue weighted by Crippen LogP contribution is -2.30. The predicted molar refractivity (Wildman–Crippen MR) is 112 cm³/mol. The molecule has 0 saturated carbocycles. The highest BCUT2D eigenvalue weighted by Crippen LogP contribution is 2.14. The fourth-order valence-corrected chi connectivity index (χ4v) is 2.65. The molecule has 3 amide bonds. The topological polar surface area (TPSA) is 90.5 Å². The summed E-state index contributed by atoms with van der Waals surface area (Å²) in [6.07, 6.45) is 0. The maximum absolute atomic E-state index is 12.3. The number of nitrogens with one attached hydrogen (secondary N) is 3. The molecule has 0 spiro atoms. The van der Waals surface area contributed by atoms with E-state index < -0.39 is 0 Å². The molecule has 0 saturated heterocycles. The van der Waals surface area contributed by atoms with Crippen LogP contribution in [0.3, 0.4) is 0 Å². The second-order valence-corrected chi connectivity index (χ2v) is 6.22. The third-order valence-electron chi connectivity index (χ3n) is 4.12. The Labute approximate surface area is 165 Å². The Balaban J connectivity index is 1.86. The van der Waals surface area contributed by atoms with Gasteiger partial charge in [-0.2, -0.15) is 0 Å². The summed E-state index contributed by atoms with van der Waals surface area (Å²) in [4.78, 5) is 37.2. The summed E-state index contributed by atoms with van der Waals surface area (Å²) in [6, 6.07) is 13.9. The largest absolute Gasteiger partial charge is 0.376 e. The van der Waals surface area contributed by atoms with Gasteiger partial charge in [0.15, 0.2) is 0 Å². The molecule has 2 aromatic rings. The molecule has 0 atom stereocenters. The summed E-state index contributed by atoms with van der Waals surface area (Å²) < 4.78 is 0. The zero-order chi connectivity index (χ0) is 20.5. The van der Waals surface area contributed by atoms with Gasteiger partial charge in [0.05, 0.1) is 6.54 Å². The van der Waals surface area contributed by atoms with Crippen molar-refractivity contribution in [1.82, 2.24) is 4.90 Å². The first-order chi connectivity index (χ1) is 13.4. The summed E-state index contributed by atoms with van der Waals surface area (Å²) in [5, 5.41) is 8.49. The minimum Gasteiger partial charge on any atom is -0.376 e. The van der Waals surface area contributed by atoms with Crippen molar-refractivity contribution in [1.29, 1.82) is 0 Å². The van der Waals surface area contributed by atoms with Crippen LogP contribution in [0.25, 0.3) is 0 Å². The number of carbonyl (C=O) groups excluding carboxylic acids is 3. The van der Waals surface area contributed by atoms with Gasteiger partial charge in [0.1, 0.15) is 0 Å². The van der Waals surface area contributed by atoms with E-state index in [1.807, 2.05) is 13.8 Å². The van der Waals surface area contributed by atoms with Crippen molar-refractivity contribution in [3.63, 3.8) is 0 Å². The number of hydrogen-bond acceptors (Lipinski definition) is 4. The minimum atomic E-state index is -0.200. The molecule has 0 aromatic heterocycles. The summed E-state index contributed by atoms with van der Waals surface area (Å²) in [5.74, 6) is -0.356. The van der Waals surface area contributed by atoms with Gasteiger partial charge >= 0.3 is 0 Å². The summed E-state index contributed by atoms with van der Waals surface area (Å²) in [7, 11) is 0. The van der Waals surface area contributed by atoms with Crippen molar-refractivity contribution in [3.05, 3.63) is 54.1 Å². The Morgan fingerprint density at radius 2 is 1.29 bits per heavy atom. The monoisotopic (exact) mass is 382 g/mol. The van der Waals surface area contributed by atoms with E-state index in [0.29, 0.717) is 30.0 Å². The number of carbonyl (C=O) groups is 3. The molecular weight excluding hydrogens is 356 g/mol. The zero-order valence-electron chi connectivity index (χ0n) is 16.4. The number of benzene rings is 2. The van der Waals surface area contributed by atoms with Gasteiger partial charge in [0.2, 0.25) is 11.8 Å². The fourth-order valence-electron chi connectivity index (χ4n) is 2.65. The quantitative estimate of drug-likeness (QED) is 0.654. The van der Waals surface area contributed by atoms with Gasteiger partial charge in [0, 0.05) is 42.6 Å². The Hall–Kier alpha value is -3.35. The summed E-state index contributed by atoms with van der Waals surface area (Å²) >= 11 is 0. The van der Waals surface area contributed by atoms with Crippen molar-refractivity contribution in [2.24, 2.45) is 0 Å². The highest BCUT2D eigenvalue weighted by Gasteiger charge is 2.12. The molecule has 28 heavy (non-hydrogen) atoms. The van der Waals surface area contributed by atoms with Crippen molar-refractivity contribution in [3.8, 4) is 0 Å². The van der Waals surface area contributed by atoms with Gasteiger partial charge < -0.3 is 20.9 Å². The van der Waals surface area contributed by atoms with E-state index in [0.717, 1.165) is 5.69 Å². The molecule has 0 unspecified atom stereocenters. The molecule has 148 valence electrons. The highest BCUT2D eigenvalue weighted by atomic mass is 16.2. The van der Waals surface area contributed by atoms with E-state index >= 15 is 0 Å². The minimum absolute atomic E-state index is 0.0211. The van der Waals surface area contributed by atoms with E-state index in [1.54, 1.807) is 53.4 Å². The molecular formula is C21H26N4O3. The van der Waals surface area contributed by atoms with Gasteiger partial charge in [0.25, 0.3) is 5.91 Å². The van der Waals surface area contributed by atoms with E-state index in [-0.39, 0.29) is 24.3 Å². The first-order valence-corrected chi connectivity index (χ1v) is 9.23. The number of hydrogen-bond donors (Lipinski definition) is 3. The molecule has 0 bridgehead atoms. The van der Waals surface area contributed by atoms with Crippen molar-refractivity contribution in [2.45, 2.75) is 20.8 Å². The second-order valence-electron chi connectivity index (χ2n) is 6.22.